The minimum absolute atomic E-state index is 0.127. The summed E-state index contributed by atoms with van der Waals surface area (Å²) in [4.78, 5) is 12.3. The molecule has 0 saturated heterocycles. The molecule has 3 rings (SSSR count). The number of nitrogens with zero attached hydrogens (tertiary/aromatic N) is 1. The smallest absolute Gasteiger partial charge is 0.227 e. The molecule has 0 aliphatic heterocycles. The predicted molar refractivity (Wildman–Crippen MR) is 99.4 cm³/mol. The van der Waals surface area contributed by atoms with Crippen molar-refractivity contribution in [3.8, 4) is 0 Å². The molecule has 0 spiro atoms. The Morgan fingerprint density at radius 3 is 2.09 bits per heavy atom. The Balaban J connectivity index is 1.65. The van der Waals surface area contributed by atoms with Gasteiger partial charge in [-0.25, -0.2) is 0 Å². The normalized spacial score (nSPS) is 10.5. The van der Waals surface area contributed by atoms with Gasteiger partial charge in [-0.05, 0) is 52.3 Å². The Bertz CT molecular complexity index is 780. The molecule has 0 fully saturated rings. The zero-order chi connectivity index (χ0) is 16.1. The topological polar surface area (TPSA) is 20.9 Å². The van der Waals surface area contributed by atoms with E-state index in [0.717, 1.165) is 15.6 Å². The summed E-state index contributed by atoms with van der Waals surface area (Å²) in [5.41, 5.74) is 3.29. The van der Waals surface area contributed by atoms with Gasteiger partial charge in [-0.3, -0.25) is 4.79 Å². The minimum atomic E-state index is 0.127. The van der Waals surface area contributed by atoms with Gasteiger partial charge in [-0.15, -0.1) is 0 Å². The fraction of sp³-hybridized carbons (Fsp3) is 0.100. The van der Waals surface area contributed by atoms with Crippen LogP contribution in [0.15, 0.2) is 79.1 Å². The molecule has 3 heteroatoms. The fourth-order valence-electron chi connectivity index (χ4n) is 2.44. The van der Waals surface area contributed by atoms with Gasteiger partial charge in [0.15, 0.2) is 12.4 Å². The Kier molecular flexibility index (Phi) is 5.18. The first kappa shape index (κ1) is 15.9. The summed E-state index contributed by atoms with van der Waals surface area (Å²) in [6.07, 6.45) is 4.86. The number of Topliss-reactive ketones (excluding diaryl/α,β-unsaturated/α-hetero) is 1. The molecule has 0 aliphatic rings. The molecule has 2 aromatic carbocycles. The number of hydrogen-bond acceptors (Lipinski definition) is 1. The van der Waals surface area contributed by atoms with Crippen molar-refractivity contribution in [2.75, 3.05) is 0 Å². The van der Waals surface area contributed by atoms with Gasteiger partial charge >= 0.3 is 0 Å². The number of ketones is 1. The summed E-state index contributed by atoms with van der Waals surface area (Å²) in [5.74, 6) is 0.127. The van der Waals surface area contributed by atoms with Crippen LogP contribution in [0, 0.1) is 3.57 Å². The van der Waals surface area contributed by atoms with E-state index >= 15 is 0 Å². The van der Waals surface area contributed by atoms with Crippen LogP contribution < -0.4 is 4.57 Å². The summed E-state index contributed by atoms with van der Waals surface area (Å²) < 4.78 is 3.06. The highest BCUT2D eigenvalue weighted by Gasteiger charge is 2.11. The van der Waals surface area contributed by atoms with Crippen LogP contribution in [-0.4, -0.2) is 5.78 Å². The van der Waals surface area contributed by atoms with Gasteiger partial charge in [0.05, 0.1) is 0 Å². The maximum atomic E-state index is 12.3. The lowest BCUT2D eigenvalue weighted by Crippen LogP contribution is -2.37. The monoisotopic (exact) mass is 414 g/mol. The summed E-state index contributed by atoms with van der Waals surface area (Å²) in [5, 5.41) is 0. The second kappa shape index (κ2) is 7.51. The van der Waals surface area contributed by atoms with Crippen LogP contribution in [0.1, 0.15) is 21.5 Å². The molecule has 2 nitrogen and oxygen atoms in total. The van der Waals surface area contributed by atoms with Crippen molar-refractivity contribution < 1.29 is 9.36 Å². The van der Waals surface area contributed by atoms with E-state index in [2.05, 4.69) is 59.0 Å². The van der Waals surface area contributed by atoms with E-state index in [-0.39, 0.29) is 5.78 Å². The van der Waals surface area contributed by atoms with E-state index in [1.54, 1.807) is 0 Å². The maximum absolute atomic E-state index is 12.3. The Morgan fingerprint density at radius 2 is 1.43 bits per heavy atom. The molecule has 0 aliphatic carbocycles. The van der Waals surface area contributed by atoms with E-state index in [1.165, 1.54) is 11.1 Å². The Hall–Kier alpha value is -2.01. The van der Waals surface area contributed by atoms with Crippen LogP contribution >= 0.6 is 22.6 Å². The van der Waals surface area contributed by atoms with Crippen LogP contribution in [-0.2, 0) is 13.0 Å². The van der Waals surface area contributed by atoms with Crippen LogP contribution in [0.25, 0.3) is 0 Å². The number of hydrogen-bond donors (Lipinski definition) is 0. The first-order chi connectivity index (χ1) is 11.2. The highest BCUT2D eigenvalue weighted by atomic mass is 127. The van der Waals surface area contributed by atoms with Gasteiger partial charge in [0.2, 0.25) is 12.3 Å². The van der Waals surface area contributed by atoms with E-state index < -0.39 is 0 Å². The molecule has 1 heterocycles. The highest BCUT2D eigenvalue weighted by molar-refractivity contribution is 14.1. The van der Waals surface area contributed by atoms with E-state index in [1.807, 2.05) is 47.3 Å². The Labute approximate surface area is 149 Å². The maximum Gasteiger partial charge on any atom is 0.227 e. The predicted octanol–water partition coefficient (Wildman–Crippen LogP) is 4.05. The molecule has 0 atom stereocenters. The standard InChI is InChI=1S/C20H17INO/c21-19-8-6-18(7-9-19)20(23)15-22-12-10-17(11-13-22)14-16-4-2-1-3-5-16/h1-13H,14-15H2/q+1. The number of pyridine rings is 1. The van der Waals surface area contributed by atoms with Gasteiger partial charge < -0.3 is 0 Å². The van der Waals surface area contributed by atoms with Crippen LogP contribution in [0.5, 0.6) is 0 Å². The third kappa shape index (κ3) is 4.48. The second-order valence-corrected chi connectivity index (χ2v) is 6.72. The number of halogens is 1. The number of carbonyl (C=O) groups is 1. The summed E-state index contributed by atoms with van der Waals surface area (Å²) in [6, 6.07) is 22.2. The first-order valence-electron chi connectivity index (χ1n) is 7.51. The van der Waals surface area contributed by atoms with Gasteiger partial charge in [-0.2, -0.15) is 4.57 Å². The van der Waals surface area contributed by atoms with Gasteiger partial charge in [0, 0.05) is 21.3 Å². The van der Waals surface area contributed by atoms with Gasteiger partial charge in [0.25, 0.3) is 0 Å². The number of aromatic nitrogens is 1. The van der Waals surface area contributed by atoms with Gasteiger partial charge in [-0.1, -0.05) is 42.5 Å². The van der Waals surface area contributed by atoms with Crippen molar-refractivity contribution in [3.63, 3.8) is 0 Å². The molecule has 0 unspecified atom stereocenters. The average molecular weight is 414 g/mol. The summed E-state index contributed by atoms with van der Waals surface area (Å²) in [6.45, 7) is 0.367. The molecule has 23 heavy (non-hydrogen) atoms. The molecular formula is C20H17INO+. The first-order valence-corrected chi connectivity index (χ1v) is 8.59. The SMILES string of the molecule is O=C(C[n+]1ccc(Cc2ccccc2)cc1)c1ccc(I)cc1. The zero-order valence-electron chi connectivity index (χ0n) is 12.7. The van der Waals surface area contributed by atoms with E-state index in [9.17, 15) is 4.79 Å². The average Bonchev–Trinajstić information content (AvgIpc) is 2.58. The van der Waals surface area contributed by atoms with E-state index in [0.29, 0.717) is 6.54 Å². The number of benzene rings is 2. The van der Waals surface area contributed by atoms with Crippen molar-refractivity contribution >= 4 is 28.4 Å². The third-order valence-corrected chi connectivity index (χ3v) is 4.42. The van der Waals surface area contributed by atoms with Crippen LogP contribution in [0.3, 0.4) is 0 Å². The minimum Gasteiger partial charge on any atom is -0.287 e. The lowest BCUT2D eigenvalue weighted by Gasteiger charge is -2.02. The van der Waals surface area contributed by atoms with E-state index in [4.69, 9.17) is 0 Å². The molecule has 0 saturated carbocycles. The van der Waals surface area contributed by atoms with Crippen molar-refractivity contribution in [2.45, 2.75) is 13.0 Å². The lowest BCUT2D eigenvalue weighted by atomic mass is 10.1. The summed E-state index contributed by atoms with van der Waals surface area (Å²) >= 11 is 2.24. The molecule has 0 radical (unpaired) electrons. The molecule has 0 bridgehead atoms. The molecule has 0 amide bonds. The second-order valence-electron chi connectivity index (χ2n) is 5.47. The van der Waals surface area contributed by atoms with Crippen molar-refractivity contribution in [1.29, 1.82) is 0 Å². The highest BCUT2D eigenvalue weighted by Crippen LogP contribution is 2.09. The van der Waals surface area contributed by atoms with Crippen molar-refractivity contribution in [2.24, 2.45) is 0 Å². The quantitative estimate of drug-likeness (QED) is 0.351. The fourth-order valence-corrected chi connectivity index (χ4v) is 2.80. The van der Waals surface area contributed by atoms with Crippen LogP contribution in [0.4, 0.5) is 0 Å². The van der Waals surface area contributed by atoms with Crippen molar-refractivity contribution in [3.05, 3.63) is 99.4 Å². The number of carbonyl (C=O) groups excluding carboxylic acids is 1. The molecule has 0 N–H and O–H groups in total. The lowest BCUT2D eigenvalue weighted by molar-refractivity contribution is -0.683. The molecule has 114 valence electrons. The van der Waals surface area contributed by atoms with Crippen LogP contribution in [0.2, 0.25) is 0 Å². The molecule has 1 aromatic heterocycles. The third-order valence-electron chi connectivity index (χ3n) is 3.70. The molecular weight excluding hydrogens is 397 g/mol. The number of rotatable bonds is 5. The summed E-state index contributed by atoms with van der Waals surface area (Å²) in [7, 11) is 0. The molecule has 3 aromatic rings. The largest absolute Gasteiger partial charge is 0.287 e. The van der Waals surface area contributed by atoms with Gasteiger partial charge in [0.1, 0.15) is 0 Å². The zero-order valence-corrected chi connectivity index (χ0v) is 14.8. The Morgan fingerprint density at radius 1 is 0.826 bits per heavy atom. The van der Waals surface area contributed by atoms with Crippen molar-refractivity contribution in [1.82, 2.24) is 0 Å².